The van der Waals surface area contributed by atoms with Gasteiger partial charge in [-0.2, -0.15) is 8.78 Å². The van der Waals surface area contributed by atoms with E-state index in [1.165, 1.54) is 6.07 Å². The fourth-order valence-electron chi connectivity index (χ4n) is 2.32. The average Bonchev–Trinajstić information content (AvgIpc) is 3.05. The number of rotatable bonds is 9. The molecule has 0 unspecified atom stereocenters. The van der Waals surface area contributed by atoms with Gasteiger partial charge in [-0.05, 0) is 26.6 Å². The molecule has 0 fully saturated rings. The average molecular weight is 372 g/mol. The maximum absolute atomic E-state index is 12.7. The van der Waals surface area contributed by atoms with Crippen LogP contribution in [0.1, 0.15) is 19.4 Å². The number of benzene rings is 1. The van der Waals surface area contributed by atoms with Crippen LogP contribution in [0.3, 0.4) is 0 Å². The van der Waals surface area contributed by atoms with Gasteiger partial charge in [0.25, 0.3) is 0 Å². The zero-order chi connectivity index (χ0) is 18.9. The minimum absolute atomic E-state index is 0.0366. The molecule has 0 saturated heterocycles. The molecule has 0 bridgehead atoms. The molecule has 0 radical (unpaired) electrons. The van der Waals surface area contributed by atoms with Crippen LogP contribution in [-0.2, 0) is 6.54 Å². The molecule has 7 nitrogen and oxygen atoms in total. The van der Waals surface area contributed by atoms with Gasteiger partial charge in [0, 0.05) is 31.3 Å². The van der Waals surface area contributed by atoms with Crippen molar-refractivity contribution < 1.29 is 23.0 Å². The minimum atomic E-state index is -2.92. The number of nitrogens with one attached hydrogen (secondary N) is 2. The van der Waals surface area contributed by atoms with Crippen molar-refractivity contribution >= 4 is 5.96 Å². The molecule has 0 aromatic heterocycles. The molecule has 146 valence electrons. The second-order valence-electron chi connectivity index (χ2n) is 5.71. The molecule has 0 aliphatic carbocycles. The standard InChI is InChI=1S/C17H26F2N4O3/c1-4-20-17(21-6-7-23(3)5-2)22-10-12-8-14-15(25-11-24-14)9-13(12)26-16(18)19/h8-9,16H,4-7,10-11H2,1-3H3,(H2,20,21,22). The maximum Gasteiger partial charge on any atom is 0.387 e. The summed E-state index contributed by atoms with van der Waals surface area (Å²) in [6.07, 6.45) is 0. The summed E-state index contributed by atoms with van der Waals surface area (Å²) in [7, 11) is 2.03. The fraction of sp³-hybridized carbons (Fsp3) is 0.588. The summed E-state index contributed by atoms with van der Waals surface area (Å²) in [6, 6.07) is 3.04. The van der Waals surface area contributed by atoms with E-state index in [4.69, 9.17) is 9.47 Å². The van der Waals surface area contributed by atoms with Crippen molar-refractivity contribution in [1.82, 2.24) is 15.5 Å². The van der Waals surface area contributed by atoms with Crippen LogP contribution in [0.25, 0.3) is 0 Å². The van der Waals surface area contributed by atoms with E-state index < -0.39 is 6.61 Å². The molecular formula is C17H26F2N4O3. The van der Waals surface area contributed by atoms with E-state index in [-0.39, 0.29) is 19.1 Å². The largest absolute Gasteiger partial charge is 0.454 e. The van der Waals surface area contributed by atoms with E-state index in [1.54, 1.807) is 6.07 Å². The van der Waals surface area contributed by atoms with Crippen molar-refractivity contribution in [2.45, 2.75) is 27.0 Å². The normalized spacial score (nSPS) is 13.4. The second-order valence-corrected chi connectivity index (χ2v) is 5.71. The topological polar surface area (TPSA) is 67.4 Å². The molecule has 0 atom stereocenters. The zero-order valence-electron chi connectivity index (χ0n) is 15.3. The Labute approximate surface area is 152 Å². The summed E-state index contributed by atoms with van der Waals surface area (Å²) in [6.45, 7) is 4.59. The van der Waals surface area contributed by atoms with E-state index in [0.717, 1.165) is 19.6 Å². The minimum Gasteiger partial charge on any atom is -0.454 e. The first-order chi connectivity index (χ1) is 12.5. The van der Waals surface area contributed by atoms with Gasteiger partial charge in [-0.1, -0.05) is 6.92 Å². The summed E-state index contributed by atoms with van der Waals surface area (Å²) in [5, 5.41) is 6.35. The Morgan fingerprint density at radius 3 is 2.65 bits per heavy atom. The van der Waals surface area contributed by atoms with Crippen LogP contribution in [0.5, 0.6) is 17.2 Å². The molecule has 1 aromatic rings. The first kappa shape index (κ1) is 20.0. The lowest BCUT2D eigenvalue weighted by atomic mass is 10.1. The Kier molecular flexibility index (Phi) is 7.71. The molecule has 9 heteroatoms. The lowest BCUT2D eigenvalue weighted by Crippen LogP contribution is -2.40. The van der Waals surface area contributed by atoms with Gasteiger partial charge in [0.15, 0.2) is 17.5 Å². The van der Waals surface area contributed by atoms with Gasteiger partial charge in [-0.15, -0.1) is 0 Å². The van der Waals surface area contributed by atoms with Crippen molar-refractivity contribution in [3.63, 3.8) is 0 Å². The van der Waals surface area contributed by atoms with Gasteiger partial charge in [0.1, 0.15) is 5.75 Å². The molecule has 1 aliphatic heterocycles. The van der Waals surface area contributed by atoms with E-state index in [1.807, 2.05) is 14.0 Å². The lowest BCUT2D eigenvalue weighted by Gasteiger charge is -2.16. The van der Waals surface area contributed by atoms with Crippen LogP contribution in [0, 0.1) is 0 Å². The van der Waals surface area contributed by atoms with Crippen molar-refractivity contribution in [2.75, 3.05) is 40.0 Å². The molecule has 0 amide bonds. The lowest BCUT2D eigenvalue weighted by molar-refractivity contribution is -0.0505. The summed E-state index contributed by atoms with van der Waals surface area (Å²) in [5.74, 6) is 1.53. The van der Waals surface area contributed by atoms with Gasteiger partial charge >= 0.3 is 6.61 Å². The highest BCUT2D eigenvalue weighted by molar-refractivity contribution is 5.79. The molecule has 1 aliphatic rings. The van der Waals surface area contributed by atoms with Crippen LogP contribution in [0.15, 0.2) is 17.1 Å². The van der Waals surface area contributed by atoms with Crippen LogP contribution < -0.4 is 24.8 Å². The van der Waals surface area contributed by atoms with Crippen LogP contribution in [-0.4, -0.2) is 57.5 Å². The third-order valence-corrected chi connectivity index (χ3v) is 3.85. The highest BCUT2D eigenvalue weighted by atomic mass is 19.3. The van der Waals surface area contributed by atoms with E-state index in [0.29, 0.717) is 29.6 Å². The second kappa shape index (κ2) is 10.0. The van der Waals surface area contributed by atoms with Crippen molar-refractivity contribution in [2.24, 2.45) is 4.99 Å². The number of halogens is 2. The smallest absolute Gasteiger partial charge is 0.387 e. The van der Waals surface area contributed by atoms with Gasteiger partial charge in [0.2, 0.25) is 6.79 Å². The fourth-order valence-corrected chi connectivity index (χ4v) is 2.32. The van der Waals surface area contributed by atoms with Crippen LogP contribution in [0.2, 0.25) is 0 Å². The maximum atomic E-state index is 12.7. The van der Waals surface area contributed by atoms with Gasteiger partial charge < -0.3 is 29.7 Å². The number of ether oxygens (including phenoxy) is 3. The predicted octanol–water partition coefficient (Wildman–Crippen LogP) is 2.02. The summed E-state index contributed by atoms with van der Waals surface area (Å²) in [5.41, 5.74) is 0.498. The Morgan fingerprint density at radius 2 is 2.00 bits per heavy atom. The number of likely N-dealkylation sites (N-methyl/N-ethyl adjacent to an activating group) is 1. The first-order valence-electron chi connectivity index (χ1n) is 8.61. The number of fused-ring (bicyclic) bond motifs is 1. The summed E-state index contributed by atoms with van der Waals surface area (Å²) < 4.78 is 40.5. The van der Waals surface area contributed by atoms with Crippen LogP contribution >= 0.6 is 0 Å². The number of guanidine groups is 1. The summed E-state index contributed by atoms with van der Waals surface area (Å²) >= 11 is 0. The number of hydrogen-bond donors (Lipinski definition) is 2. The summed E-state index contributed by atoms with van der Waals surface area (Å²) in [4.78, 5) is 6.62. The van der Waals surface area contributed by atoms with Gasteiger partial charge in [-0.3, -0.25) is 0 Å². The van der Waals surface area contributed by atoms with Crippen molar-refractivity contribution in [3.05, 3.63) is 17.7 Å². The Balaban J connectivity index is 2.09. The van der Waals surface area contributed by atoms with Crippen LogP contribution in [0.4, 0.5) is 8.78 Å². The number of hydrogen-bond acceptors (Lipinski definition) is 5. The van der Waals surface area contributed by atoms with Gasteiger partial charge in [0.05, 0.1) is 6.54 Å². The first-order valence-corrected chi connectivity index (χ1v) is 8.61. The Bertz CT molecular complexity index is 614. The van der Waals surface area contributed by atoms with E-state index in [2.05, 4.69) is 32.2 Å². The Hall–Kier alpha value is -2.29. The third-order valence-electron chi connectivity index (χ3n) is 3.85. The SMILES string of the molecule is CCNC(=NCc1cc2c(cc1OC(F)F)OCO2)NCCN(C)CC. The predicted molar refractivity (Wildman–Crippen MR) is 95.2 cm³/mol. The van der Waals surface area contributed by atoms with E-state index in [9.17, 15) is 8.78 Å². The zero-order valence-corrected chi connectivity index (χ0v) is 15.3. The quantitative estimate of drug-likeness (QED) is 0.511. The number of aliphatic imine (C=N–C) groups is 1. The number of alkyl halides is 2. The highest BCUT2D eigenvalue weighted by Crippen LogP contribution is 2.38. The van der Waals surface area contributed by atoms with Crippen molar-refractivity contribution in [3.8, 4) is 17.2 Å². The number of nitrogens with zero attached hydrogens (tertiary/aromatic N) is 2. The molecule has 0 spiro atoms. The van der Waals surface area contributed by atoms with Crippen molar-refractivity contribution in [1.29, 1.82) is 0 Å². The molecule has 2 N–H and O–H groups in total. The Morgan fingerprint density at radius 1 is 1.27 bits per heavy atom. The van der Waals surface area contributed by atoms with Gasteiger partial charge in [-0.25, -0.2) is 4.99 Å². The molecule has 2 rings (SSSR count). The van der Waals surface area contributed by atoms with E-state index >= 15 is 0 Å². The molecule has 1 heterocycles. The highest BCUT2D eigenvalue weighted by Gasteiger charge is 2.20. The monoisotopic (exact) mass is 372 g/mol. The molecule has 1 aromatic carbocycles. The molecular weight excluding hydrogens is 346 g/mol. The third kappa shape index (κ3) is 5.91. The molecule has 26 heavy (non-hydrogen) atoms. The molecule has 0 saturated carbocycles.